The van der Waals surface area contributed by atoms with Gasteiger partial charge in [0.05, 0.1) is 4.90 Å². The monoisotopic (exact) mass is 373 g/mol. The van der Waals surface area contributed by atoms with Crippen LogP contribution in [0.25, 0.3) is 0 Å². The van der Waals surface area contributed by atoms with E-state index in [0.29, 0.717) is 11.3 Å². The fourth-order valence-electron chi connectivity index (χ4n) is 2.86. The normalized spacial score (nSPS) is 17.5. The molecule has 138 valence electrons. The van der Waals surface area contributed by atoms with E-state index < -0.39 is 10.0 Å². The van der Waals surface area contributed by atoms with Gasteiger partial charge in [-0.25, -0.2) is 8.42 Å². The first-order chi connectivity index (χ1) is 12.4. The molecule has 0 aromatic heterocycles. The Morgan fingerprint density at radius 3 is 2.38 bits per heavy atom. The summed E-state index contributed by atoms with van der Waals surface area (Å²) in [4.78, 5) is 12.4. The molecule has 26 heavy (non-hydrogen) atoms. The number of benzene rings is 2. The van der Waals surface area contributed by atoms with E-state index in [0.717, 1.165) is 31.5 Å². The number of anilines is 1. The van der Waals surface area contributed by atoms with Gasteiger partial charge in [0.2, 0.25) is 0 Å². The fourth-order valence-corrected chi connectivity index (χ4v) is 3.92. The van der Waals surface area contributed by atoms with Crippen LogP contribution < -0.4 is 15.4 Å². The van der Waals surface area contributed by atoms with E-state index in [4.69, 9.17) is 0 Å². The van der Waals surface area contributed by atoms with Gasteiger partial charge < -0.3 is 10.6 Å². The summed E-state index contributed by atoms with van der Waals surface area (Å²) in [5.41, 5.74) is 2.00. The molecule has 3 rings (SSSR count). The van der Waals surface area contributed by atoms with Gasteiger partial charge in [0.25, 0.3) is 15.9 Å². The van der Waals surface area contributed by atoms with Gasteiger partial charge in [-0.1, -0.05) is 17.7 Å². The molecule has 0 spiro atoms. The predicted molar refractivity (Wildman–Crippen MR) is 102 cm³/mol. The van der Waals surface area contributed by atoms with Crippen LogP contribution in [0, 0.1) is 6.92 Å². The van der Waals surface area contributed by atoms with Crippen molar-refractivity contribution >= 4 is 21.6 Å². The van der Waals surface area contributed by atoms with Gasteiger partial charge in [-0.2, -0.15) is 0 Å². The highest BCUT2D eigenvalue weighted by molar-refractivity contribution is 7.92. The minimum absolute atomic E-state index is 0.114. The van der Waals surface area contributed by atoms with Crippen LogP contribution in [0.1, 0.15) is 28.8 Å². The number of sulfonamides is 1. The number of hydrogen-bond acceptors (Lipinski definition) is 4. The number of aryl methyl sites for hydroxylation is 1. The van der Waals surface area contributed by atoms with E-state index in [1.54, 1.807) is 12.1 Å². The smallest absolute Gasteiger partial charge is 0.261 e. The molecule has 3 N–H and O–H groups in total. The maximum absolute atomic E-state index is 12.5. The number of piperidine rings is 1. The zero-order valence-electron chi connectivity index (χ0n) is 14.7. The van der Waals surface area contributed by atoms with Gasteiger partial charge in [0, 0.05) is 23.8 Å². The first kappa shape index (κ1) is 18.4. The zero-order chi connectivity index (χ0) is 18.6. The molecule has 0 aliphatic carbocycles. The molecular weight excluding hydrogens is 350 g/mol. The molecule has 1 saturated heterocycles. The lowest BCUT2D eigenvalue weighted by molar-refractivity contribution is 0.0930. The Morgan fingerprint density at radius 1 is 1.08 bits per heavy atom. The molecule has 0 radical (unpaired) electrons. The number of hydrogen-bond donors (Lipinski definition) is 3. The third kappa shape index (κ3) is 4.62. The molecule has 1 heterocycles. The van der Waals surface area contributed by atoms with Crippen molar-refractivity contribution in [2.45, 2.75) is 30.7 Å². The molecule has 1 amide bonds. The predicted octanol–water partition coefficient (Wildman–Crippen LogP) is 2.28. The Hall–Kier alpha value is -2.38. The summed E-state index contributed by atoms with van der Waals surface area (Å²) in [7, 11) is -3.69. The van der Waals surface area contributed by atoms with Gasteiger partial charge >= 0.3 is 0 Å². The second-order valence-corrected chi connectivity index (χ2v) is 8.20. The van der Waals surface area contributed by atoms with Gasteiger partial charge in [0.1, 0.15) is 0 Å². The van der Waals surface area contributed by atoms with Crippen molar-refractivity contribution < 1.29 is 13.2 Å². The van der Waals surface area contributed by atoms with Gasteiger partial charge in [0.15, 0.2) is 0 Å². The van der Waals surface area contributed by atoms with E-state index in [2.05, 4.69) is 15.4 Å². The Bertz CT molecular complexity index is 856. The number of amides is 1. The molecule has 1 aliphatic heterocycles. The van der Waals surface area contributed by atoms with Crippen LogP contribution in [0.5, 0.6) is 0 Å². The number of carbonyl (C=O) groups is 1. The third-order valence-corrected chi connectivity index (χ3v) is 5.76. The molecule has 1 atom stereocenters. The van der Waals surface area contributed by atoms with Crippen LogP contribution in [-0.2, 0) is 10.0 Å². The summed E-state index contributed by atoms with van der Waals surface area (Å²) in [5, 5.41) is 6.22. The molecule has 2 aromatic rings. The van der Waals surface area contributed by atoms with E-state index in [9.17, 15) is 13.2 Å². The van der Waals surface area contributed by atoms with E-state index >= 15 is 0 Å². The molecule has 0 saturated carbocycles. The van der Waals surface area contributed by atoms with Crippen LogP contribution in [0.4, 0.5) is 5.69 Å². The number of nitrogens with one attached hydrogen (secondary N) is 3. The second-order valence-electron chi connectivity index (χ2n) is 6.51. The maximum atomic E-state index is 12.5. The summed E-state index contributed by atoms with van der Waals surface area (Å²) < 4.78 is 27.5. The summed E-state index contributed by atoms with van der Waals surface area (Å²) in [6, 6.07) is 13.2. The van der Waals surface area contributed by atoms with E-state index in [-0.39, 0.29) is 16.8 Å². The van der Waals surface area contributed by atoms with Crippen LogP contribution in [0.3, 0.4) is 0 Å². The third-order valence-electron chi connectivity index (χ3n) is 4.36. The van der Waals surface area contributed by atoms with Crippen LogP contribution in [-0.4, -0.2) is 33.5 Å². The molecule has 0 bridgehead atoms. The lowest BCUT2D eigenvalue weighted by Gasteiger charge is -2.23. The first-order valence-corrected chi connectivity index (χ1v) is 10.1. The van der Waals surface area contributed by atoms with Crippen molar-refractivity contribution in [3.63, 3.8) is 0 Å². The van der Waals surface area contributed by atoms with Crippen molar-refractivity contribution in [2.75, 3.05) is 17.8 Å². The second kappa shape index (κ2) is 7.88. The summed E-state index contributed by atoms with van der Waals surface area (Å²) >= 11 is 0. The van der Waals surface area contributed by atoms with E-state index in [1.165, 1.54) is 24.3 Å². The SMILES string of the molecule is Cc1ccc(NS(=O)(=O)c2ccc(C(=O)NC3CCCNC3)cc2)cc1. The Balaban J connectivity index is 1.67. The van der Waals surface area contributed by atoms with Crippen molar-refractivity contribution in [3.05, 3.63) is 59.7 Å². The number of carbonyl (C=O) groups excluding carboxylic acids is 1. The average Bonchev–Trinajstić information content (AvgIpc) is 2.64. The Morgan fingerprint density at radius 2 is 1.77 bits per heavy atom. The van der Waals surface area contributed by atoms with Crippen molar-refractivity contribution in [2.24, 2.45) is 0 Å². The minimum Gasteiger partial charge on any atom is -0.348 e. The highest BCUT2D eigenvalue weighted by Crippen LogP contribution is 2.17. The van der Waals surface area contributed by atoms with Crippen LogP contribution >= 0.6 is 0 Å². The highest BCUT2D eigenvalue weighted by Gasteiger charge is 2.18. The summed E-state index contributed by atoms with van der Waals surface area (Å²) in [6.45, 7) is 3.68. The van der Waals surface area contributed by atoms with Crippen molar-refractivity contribution in [1.29, 1.82) is 0 Å². The standard InChI is InChI=1S/C19H23N3O3S/c1-14-4-8-16(9-5-14)22-26(24,25)18-10-6-15(7-11-18)19(23)21-17-3-2-12-20-13-17/h4-11,17,20,22H,2-3,12-13H2,1H3,(H,21,23). The zero-order valence-corrected chi connectivity index (χ0v) is 15.5. The minimum atomic E-state index is -3.69. The maximum Gasteiger partial charge on any atom is 0.261 e. The first-order valence-electron chi connectivity index (χ1n) is 8.65. The van der Waals surface area contributed by atoms with Crippen molar-refractivity contribution in [1.82, 2.24) is 10.6 Å². The van der Waals surface area contributed by atoms with E-state index in [1.807, 2.05) is 19.1 Å². The fraction of sp³-hybridized carbons (Fsp3) is 0.316. The quantitative estimate of drug-likeness (QED) is 0.750. The molecule has 1 fully saturated rings. The van der Waals surface area contributed by atoms with Gasteiger partial charge in [-0.15, -0.1) is 0 Å². The molecule has 6 nitrogen and oxygen atoms in total. The Kier molecular flexibility index (Phi) is 5.58. The topological polar surface area (TPSA) is 87.3 Å². The van der Waals surface area contributed by atoms with Gasteiger partial charge in [-0.3, -0.25) is 9.52 Å². The van der Waals surface area contributed by atoms with Crippen molar-refractivity contribution in [3.8, 4) is 0 Å². The van der Waals surface area contributed by atoms with Gasteiger partial charge in [-0.05, 0) is 62.7 Å². The molecule has 1 aliphatic rings. The summed E-state index contributed by atoms with van der Waals surface area (Å²) in [6.07, 6.45) is 1.98. The molecule has 7 heteroatoms. The molecular formula is C19H23N3O3S. The molecule has 1 unspecified atom stereocenters. The number of rotatable bonds is 5. The van der Waals surface area contributed by atoms with Crippen LogP contribution in [0.2, 0.25) is 0 Å². The summed E-state index contributed by atoms with van der Waals surface area (Å²) in [5.74, 6) is -0.186. The lowest BCUT2D eigenvalue weighted by Crippen LogP contribution is -2.45. The Labute approximate surface area is 154 Å². The lowest BCUT2D eigenvalue weighted by atomic mass is 10.1. The highest BCUT2D eigenvalue weighted by atomic mass is 32.2. The average molecular weight is 373 g/mol. The molecule has 2 aromatic carbocycles. The van der Waals surface area contributed by atoms with Crippen LogP contribution in [0.15, 0.2) is 53.4 Å². The largest absolute Gasteiger partial charge is 0.348 e.